The predicted molar refractivity (Wildman–Crippen MR) is 31.6 cm³/mol. The molecule has 0 atom stereocenters. The van der Waals surface area contributed by atoms with E-state index in [-0.39, 0.29) is 0 Å². The predicted octanol–water partition coefficient (Wildman–Crippen LogP) is 2.06. The van der Waals surface area contributed by atoms with Crippen molar-refractivity contribution in [2.75, 3.05) is 0 Å². The third kappa shape index (κ3) is 1.31. The molecule has 0 aliphatic rings. The molecule has 0 bridgehead atoms. The van der Waals surface area contributed by atoms with E-state index in [0.29, 0.717) is 0 Å². The van der Waals surface area contributed by atoms with Crippen LogP contribution in [-0.2, 0) is 6.18 Å². The monoisotopic (exact) mass is 214 g/mol. The van der Waals surface area contributed by atoms with Crippen LogP contribution >= 0.6 is 16.1 Å². The van der Waals surface area contributed by atoms with Crippen molar-refractivity contribution in [2.45, 2.75) is 6.18 Å². The fourth-order valence-corrected chi connectivity index (χ4v) is 0.881. The van der Waals surface area contributed by atoms with Crippen LogP contribution in [0.15, 0.2) is 12.4 Å². The van der Waals surface area contributed by atoms with Gasteiger partial charge in [0.25, 0.3) is 0 Å². The van der Waals surface area contributed by atoms with E-state index in [4.69, 9.17) is 0 Å². The van der Waals surface area contributed by atoms with E-state index < -0.39 is 12.0 Å². The minimum atomic E-state index is -4.38. The smallest absolute Gasteiger partial charge is 0.262 e. The maximum atomic E-state index is 11.8. The van der Waals surface area contributed by atoms with Crippen molar-refractivity contribution >= 4 is 16.1 Å². The fourth-order valence-electron chi connectivity index (χ4n) is 0.483. The van der Waals surface area contributed by atoms with Gasteiger partial charge in [-0.15, -0.1) is 0 Å². The molecule has 0 aliphatic carbocycles. The molecule has 0 fully saturated rings. The number of imidazole rings is 1. The van der Waals surface area contributed by atoms with Gasteiger partial charge < -0.3 is 0 Å². The van der Waals surface area contributed by atoms with Gasteiger partial charge in [-0.05, 0) is 0 Å². The lowest BCUT2D eigenvalue weighted by molar-refractivity contribution is -0.144. The highest BCUT2D eigenvalue weighted by atomic mass is 79.9. The Balaban J connectivity index is 3.05. The number of hydrogen-bond acceptors (Lipinski definition) is 1. The van der Waals surface area contributed by atoms with Crippen molar-refractivity contribution < 1.29 is 13.2 Å². The van der Waals surface area contributed by atoms with Gasteiger partial charge in [0.1, 0.15) is 0 Å². The van der Waals surface area contributed by atoms with Crippen molar-refractivity contribution in [3.8, 4) is 0 Å². The lowest BCUT2D eigenvalue weighted by Crippen LogP contribution is -2.09. The first-order valence-corrected chi connectivity index (χ1v) is 2.99. The van der Waals surface area contributed by atoms with Gasteiger partial charge >= 0.3 is 6.18 Å². The molecular weight excluding hydrogens is 213 g/mol. The largest absolute Gasteiger partial charge is 0.450 e. The second kappa shape index (κ2) is 2.26. The van der Waals surface area contributed by atoms with E-state index in [0.717, 1.165) is 9.79 Å². The SMILES string of the molecule is FC(F)(F)c1nccn1Br. The minimum Gasteiger partial charge on any atom is -0.262 e. The summed E-state index contributed by atoms with van der Waals surface area (Å²) in [6.45, 7) is 0. The summed E-state index contributed by atoms with van der Waals surface area (Å²) in [5.74, 6) is -0.951. The quantitative estimate of drug-likeness (QED) is 0.647. The summed E-state index contributed by atoms with van der Waals surface area (Å²) in [7, 11) is 0. The van der Waals surface area contributed by atoms with Crippen LogP contribution in [0.1, 0.15) is 5.82 Å². The molecule has 0 amide bonds. The second-order valence-electron chi connectivity index (χ2n) is 1.56. The third-order valence-electron chi connectivity index (χ3n) is 0.850. The molecule has 0 aromatic carbocycles. The molecule has 6 heteroatoms. The zero-order valence-electron chi connectivity index (χ0n) is 4.56. The molecule has 0 saturated carbocycles. The zero-order valence-corrected chi connectivity index (χ0v) is 6.15. The highest BCUT2D eigenvalue weighted by molar-refractivity contribution is 9.08. The lowest BCUT2D eigenvalue weighted by atomic mass is 10.6. The summed E-state index contributed by atoms with van der Waals surface area (Å²) in [6.07, 6.45) is -2.15. The van der Waals surface area contributed by atoms with Crippen LogP contribution in [0.3, 0.4) is 0 Å². The molecule has 1 aromatic rings. The van der Waals surface area contributed by atoms with Crippen LogP contribution in [0.2, 0.25) is 0 Å². The molecular formula is C4H2BrF3N2. The molecule has 0 aliphatic heterocycles. The summed E-state index contributed by atoms with van der Waals surface area (Å²) in [5.41, 5.74) is 0. The summed E-state index contributed by atoms with van der Waals surface area (Å²) in [4.78, 5) is 3.08. The minimum absolute atomic E-state index is 0.743. The van der Waals surface area contributed by atoms with Crippen LogP contribution < -0.4 is 0 Å². The van der Waals surface area contributed by atoms with Crippen molar-refractivity contribution in [3.63, 3.8) is 0 Å². The Hall–Kier alpha value is -0.520. The van der Waals surface area contributed by atoms with Gasteiger partial charge in [0.2, 0.25) is 5.82 Å². The highest BCUT2D eigenvalue weighted by Crippen LogP contribution is 2.28. The van der Waals surface area contributed by atoms with Crippen LogP contribution in [0, 0.1) is 0 Å². The van der Waals surface area contributed by atoms with Gasteiger partial charge in [-0.1, -0.05) is 0 Å². The Morgan fingerprint density at radius 3 is 2.30 bits per heavy atom. The molecule has 0 unspecified atom stereocenters. The van der Waals surface area contributed by atoms with E-state index >= 15 is 0 Å². The third-order valence-corrected chi connectivity index (χ3v) is 1.42. The molecule has 1 rings (SSSR count). The van der Waals surface area contributed by atoms with Crippen LogP contribution in [0.25, 0.3) is 0 Å². The average Bonchev–Trinajstić information content (AvgIpc) is 2.11. The summed E-state index contributed by atoms with van der Waals surface area (Å²) in [5, 5.41) is 0. The second-order valence-corrected chi connectivity index (χ2v) is 2.32. The van der Waals surface area contributed by atoms with Crippen molar-refractivity contribution in [2.24, 2.45) is 0 Å². The Kier molecular flexibility index (Phi) is 1.72. The number of hydrogen-bond donors (Lipinski definition) is 0. The standard InChI is InChI=1S/C4H2BrF3N2/c5-10-2-1-9-3(10)4(6,7)8/h1-2H. The maximum absolute atomic E-state index is 11.8. The van der Waals surface area contributed by atoms with Crippen molar-refractivity contribution in [3.05, 3.63) is 18.2 Å². The zero-order chi connectivity index (χ0) is 7.78. The highest BCUT2D eigenvalue weighted by Gasteiger charge is 2.35. The Bertz CT molecular complexity index is 229. The molecule has 2 nitrogen and oxygen atoms in total. The average molecular weight is 215 g/mol. The first kappa shape index (κ1) is 7.59. The lowest BCUT2D eigenvalue weighted by Gasteiger charge is -2.02. The molecule has 0 spiro atoms. The first-order chi connectivity index (χ1) is 4.52. The number of halogens is 4. The Morgan fingerprint density at radius 1 is 1.50 bits per heavy atom. The van der Waals surface area contributed by atoms with Gasteiger partial charge in [-0.2, -0.15) is 13.2 Å². The molecule has 10 heavy (non-hydrogen) atoms. The van der Waals surface area contributed by atoms with Gasteiger partial charge in [0.15, 0.2) is 0 Å². The number of rotatable bonds is 0. The molecule has 1 aromatic heterocycles. The van der Waals surface area contributed by atoms with Gasteiger partial charge in [0.05, 0.1) is 16.1 Å². The van der Waals surface area contributed by atoms with Gasteiger partial charge in [-0.25, -0.2) is 4.98 Å². The maximum Gasteiger partial charge on any atom is 0.450 e. The van der Waals surface area contributed by atoms with E-state index in [2.05, 4.69) is 21.1 Å². The van der Waals surface area contributed by atoms with Gasteiger partial charge in [-0.3, -0.25) is 3.59 Å². The molecule has 0 N–H and O–H groups in total. The number of aromatic nitrogens is 2. The first-order valence-electron chi connectivity index (χ1n) is 2.28. The summed E-state index contributed by atoms with van der Waals surface area (Å²) in [6, 6.07) is 0. The number of nitrogens with zero attached hydrogens (tertiary/aromatic N) is 2. The van der Waals surface area contributed by atoms with Crippen LogP contribution in [0.4, 0.5) is 13.2 Å². The Morgan fingerprint density at radius 2 is 2.10 bits per heavy atom. The van der Waals surface area contributed by atoms with Crippen molar-refractivity contribution in [1.29, 1.82) is 0 Å². The number of alkyl halides is 3. The van der Waals surface area contributed by atoms with E-state index in [9.17, 15) is 13.2 Å². The van der Waals surface area contributed by atoms with Gasteiger partial charge in [0, 0.05) is 12.4 Å². The van der Waals surface area contributed by atoms with Crippen LogP contribution in [0.5, 0.6) is 0 Å². The molecule has 56 valence electrons. The summed E-state index contributed by atoms with van der Waals surface area (Å²) >= 11 is 2.64. The van der Waals surface area contributed by atoms with Crippen LogP contribution in [-0.4, -0.2) is 8.58 Å². The molecule has 0 saturated heterocycles. The fraction of sp³-hybridized carbons (Fsp3) is 0.250. The molecule has 1 heterocycles. The Labute approximate surface area is 63.0 Å². The van der Waals surface area contributed by atoms with E-state index in [1.165, 1.54) is 6.20 Å². The van der Waals surface area contributed by atoms with E-state index in [1.54, 1.807) is 0 Å². The normalized spacial score (nSPS) is 12.0. The van der Waals surface area contributed by atoms with Crippen molar-refractivity contribution in [1.82, 2.24) is 8.58 Å². The van der Waals surface area contributed by atoms with E-state index in [1.807, 2.05) is 0 Å². The molecule has 0 radical (unpaired) electrons. The summed E-state index contributed by atoms with van der Waals surface area (Å²) < 4.78 is 36.0. The topological polar surface area (TPSA) is 17.8 Å².